The highest BCUT2D eigenvalue weighted by Crippen LogP contribution is 2.16. The number of para-hydroxylation sites is 1. The van der Waals surface area contributed by atoms with Gasteiger partial charge in [-0.15, -0.1) is 0 Å². The molecule has 1 aromatic rings. The Morgan fingerprint density at radius 1 is 1.26 bits per heavy atom. The first kappa shape index (κ1) is 11.4. The molecule has 0 amide bonds. The van der Waals surface area contributed by atoms with Crippen molar-refractivity contribution in [1.82, 2.24) is 0 Å². The van der Waals surface area contributed by atoms with Gasteiger partial charge in [-0.05, 0) is 24.3 Å². The highest BCUT2D eigenvalue weighted by molar-refractivity contribution is 5.83. The first-order valence-electron chi connectivity index (χ1n) is 5.88. The number of hydrogen-bond acceptors (Lipinski definition) is 4. The summed E-state index contributed by atoms with van der Waals surface area (Å²) in [4.78, 5) is 12.5. The van der Waals surface area contributed by atoms with Crippen LogP contribution in [0.3, 0.4) is 0 Å². The van der Waals surface area contributed by atoms with Crippen LogP contribution in [0, 0.1) is 0 Å². The van der Waals surface area contributed by atoms with Crippen LogP contribution in [0.5, 0.6) is 0 Å². The quantitative estimate of drug-likeness (QED) is 0.686. The first-order valence-corrected chi connectivity index (χ1v) is 5.88. The standard InChI is InChI=1S/C15H11N3O/c1-11-18-14-5-3-2-4-12(14)6-7-13-10-16-8-9-17-15(13)19-11/h2-6,8,10H,1,7H2/b12-6-,18-14-. The molecule has 0 aliphatic carbocycles. The van der Waals surface area contributed by atoms with Gasteiger partial charge in [0.1, 0.15) is 0 Å². The number of ether oxygens (including phenoxy) is 1. The van der Waals surface area contributed by atoms with E-state index in [4.69, 9.17) is 4.74 Å². The Morgan fingerprint density at radius 2 is 2.16 bits per heavy atom. The summed E-state index contributed by atoms with van der Waals surface area (Å²) >= 11 is 0. The van der Waals surface area contributed by atoms with E-state index in [2.05, 4.69) is 33.5 Å². The second-order valence-corrected chi connectivity index (χ2v) is 4.05. The summed E-state index contributed by atoms with van der Waals surface area (Å²) in [5.74, 6) is 3.42. The van der Waals surface area contributed by atoms with E-state index < -0.39 is 0 Å². The predicted octanol–water partition coefficient (Wildman–Crippen LogP) is 1.46. The first-order chi connectivity index (χ1) is 9.33. The molecule has 0 aromatic heterocycles. The lowest BCUT2D eigenvalue weighted by atomic mass is 10.1. The molecule has 4 heteroatoms. The van der Waals surface area contributed by atoms with Crippen LogP contribution in [0.4, 0.5) is 0 Å². The van der Waals surface area contributed by atoms with Crippen molar-refractivity contribution >= 4 is 18.2 Å². The van der Waals surface area contributed by atoms with Crippen molar-refractivity contribution in [3.63, 3.8) is 0 Å². The van der Waals surface area contributed by atoms with Crippen LogP contribution in [0.1, 0.15) is 6.42 Å². The normalized spacial score (nSPS) is 20.5. The maximum Gasteiger partial charge on any atom is 0.234 e. The Hall–Kier alpha value is -2.71. The summed E-state index contributed by atoms with van der Waals surface area (Å²) in [5, 5.41) is 1.87. The minimum atomic E-state index is 0.302. The molecule has 0 saturated carbocycles. The minimum Gasteiger partial charge on any atom is -0.420 e. The molecule has 4 nitrogen and oxygen atoms in total. The largest absolute Gasteiger partial charge is 0.420 e. The summed E-state index contributed by atoms with van der Waals surface area (Å²) in [6.45, 7) is 3.80. The Balaban J connectivity index is 2.18. The molecule has 0 radical (unpaired) electrons. The highest BCUT2D eigenvalue weighted by atomic mass is 16.5. The Kier molecular flexibility index (Phi) is 2.93. The van der Waals surface area contributed by atoms with Crippen LogP contribution in [0.2, 0.25) is 0 Å². The molecule has 0 spiro atoms. The van der Waals surface area contributed by atoms with Crippen molar-refractivity contribution in [2.24, 2.45) is 15.0 Å². The van der Waals surface area contributed by atoms with Gasteiger partial charge in [-0.1, -0.05) is 24.3 Å². The summed E-state index contributed by atoms with van der Waals surface area (Å²) in [5.41, 5.74) is 0.870. The molecule has 19 heavy (non-hydrogen) atoms. The van der Waals surface area contributed by atoms with Gasteiger partial charge in [-0.25, -0.2) is 4.99 Å². The maximum atomic E-state index is 5.57. The van der Waals surface area contributed by atoms with Gasteiger partial charge < -0.3 is 4.74 Å². The molecular weight excluding hydrogens is 238 g/mol. The van der Waals surface area contributed by atoms with E-state index in [9.17, 15) is 0 Å². The van der Waals surface area contributed by atoms with Gasteiger partial charge in [0.05, 0.1) is 11.6 Å². The summed E-state index contributed by atoms with van der Waals surface area (Å²) in [6, 6.07) is 7.84. The molecule has 1 aromatic carbocycles. The second kappa shape index (κ2) is 4.88. The number of rotatable bonds is 0. The van der Waals surface area contributed by atoms with Crippen LogP contribution < -0.4 is 10.6 Å². The predicted molar refractivity (Wildman–Crippen MR) is 74.1 cm³/mol. The fourth-order valence-electron chi connectivity index (χ4n) is 1.85. The van der Waals surface area contributed by atoms with Crippen LogP contribution >= 0.6 is 0 Å². The Bertz CT molecular complexity index is 778. The summed E-state index contributed by atoms with van der Waals surface area (Å²) in [6.07, 6.45) is 5.95. The van der Waals surface area contributed by atoms with Crippen LogP contribution in [0.15, 0.2) is 69.4 Å². The summed E-state index contributed by atoms with van der Waals surface area (Å²) in [7, 11) is 0. The van der Waals surface area contributed by atoms with Crippen molar-refractivity contribution < 1.29 is 4.74 Å². The fourth-order valence-corrected chi connectivity index (χ4v) is 1.85. The lowest BCUT2D eigenvalue weighted by molar-refractivity contribution is 0.296. The third kappa shape index (κ3) is 2.44. The lowest BCUT2D eigenvalue weighted by Crippen LogP contribution is -2.24. The number of hydrogen-bond donors (Lipinski definition) is 0. The zero-order valence-corrected chi connectivity index (χ0v) is 10.2. The van der Waals surface area contributed by atoms with E-state index in [1.54, 1.807) is 6.21 Å². The van der Waals surface area contributed by atoms with Gasteiger partial charge in [0.2, 0.25) is 11.8 Å². The molecule has 2 heterocycles. The van der Waals surface area contributed by atoms with E-state index in [1.165, 1.54) is 6.20 Å². The molecule has 2 aliphatic rings. The number of fused-ring (bicyclic) bond motifs is 1. The maximum absolute atomic E-state index is 5.57. The molecule has 3 rings (SSSR count). The van der Waals surface area contributed by atoms with E-state index in [0.717, 1.165) is 16.1 Å². The third-order valence-corrected chi connectivity index (χ3v) is 2.74. The molecule has 0 bridgehead atoms. The van der Waals surface area contributed by atoms with Crippen molar-refractivity contribution in [3.8, 4) is 0 Å². The number of aliphatic imine (C=N–C) groups is 2. The van der Waals surface area contributed by atoms with E-state index in [1.807, 2.05) is 24.3 Å². The molecule has 0 saturated heterocycles. The zero-order valence-electron chi connectivity index (χ0n) is 10.2. The molecule has 0 N–H and O–H groups in total. The summed E-state index contributed by atoms with van der Waals surface area (Å²) < 4.78 is 5.57. The van der Waals surface area contributed by atoms with Crippen LogP contribution in [-0.2, 0) is 4.74 Å². The third-order valence-electron chi connectivity index (χ3n) is 2.74. The average Bonchev–Trinajstić information content (AvgIpc) is 2.59. The van der Waals surface area contributed by atoms with Crippen LogP contribution in [-0.4, -0.2) is 12.1 Å². The number of benzene rings is 1. The molecule has 0 atom stereocenters. The SMILES string of the molecule is C=C1/N=c2/cccc/c2=C/CC2=C(N=C=CN=C2)O1. The molecule has 92 valence electrons. The topological polar surface area (TPSA) is 46.3 Å². The van der Waals surface area contributed by atoms with Gasteiger partial charge in [0.25, 0.3) is 0 Å². The number of nitrogens with zero attached hydrogens (tertiary/aromatic N) is 3. The average molecular weight is 249 g/mol. The molecule has 2 aliphatic heterocycles. The lowest BCUT2D eigenvalue weighted by Gasteiger charge is -2.05. The van der Waals surface area contributed by atoms with Gasteiger partial charge in [0.15, 0.2) is 0 Å². The van der Waals surface area contributed by atoms with Gasteiger partial charge in [-0.3, -0.25) is 4.99 Å². The monoisotopic (exact) mass is 249 g/mol. The molecule has 0 unspecified atom stereocenters. The van der Waals surface area contributed by atoms with Crippen molar-refractivity contribution in [1.29, 1.82) is 0 Å². The van der Waals surface area contributed by atoms with Crippen LogP contribution in [0.25, 0.3) is 6.08 Å². The second-order valence-electron chi connectivity index (χ2n) is 4.05. The molecular formula is C15H11N3O. The van der Waals surface area contributed by atoms with Crippen molar-refractivity contribution in [2.45, 2.75) is 6.42 Å². The number of allylic oxidation sites excluding steroid dienone is 1. The van der Waals surface area contributed by atoms with E-state index in [-0.39, 0.29) is 0 Å². The Morgan fingerprint density at radius 3 is 3.11 bits per heavy atom. The van der Waals surface area contributed by atoms with E-state index in [0.29, 0.717) is 18.2 Å². The minimum absolute atomic E-state index is 0.302. The van der Waals surface area contributed by atoms with Gasteiger partial charge in [0, 0.05) is 17.7 Å². The fraction of sp³-hybridized carbons (Fsp3) is 0.0667. The van der Waals surface area contributed by atoms with Crippen molar-refractivity contribution in [2.75, 3.05) is 0 Å². The highest BCUT2D eigenvalue weighted by Gasteiger charge is 2.09. The van der Waals surface area contributed by atoms with E-state index >= 15 is 0 Å². The molecule has 0 fully saturated rings. The zero-order chi connectivity index (χ0) is 13.1. The van der Waals surface area contributed by atoms with Crippen molar-refractivity contribution in [3.05, 3.63) is 65.0 Å². The van der Waals surface area contributed by atoms with Gasteiger partial charge >= 0.3 is 0 Å². The van der Waals surface area contributed by atoms with Gasteiger partial charge in [-0.2, -0.15) is 4.99 Å². The smallest absolute Gasteiger partial charge is 0.234 e. The Labute approximate surface area is 110 Å².